The third-order valence-corrected chi connectivity index (χ3v) is 5.61. The minimum atomic E-state index is -0.664. The van der Waals surface area contributed by atoms with Crippen LogP contribution in [0.2, 0.25) is 0 Å². The molecule has 0 saturated carbocycles. The molecular weight excluding hydrogens is 504 g/mol. The quantitative estimate of drug-likeness (QED) is 0.0773. The summed E-state index contributed by atoms with van der Waals surface area (Å²) in [4.78, 5) is 10.3. The van der Waals surface area contributed by atoms with Crippen molar-refractivity contribution in [1.82, 2.24) is 0 Å². The molecule has 0 rings (SSSR count). The average Bonchev–Trinajstić information content (AvgIpc) is 2.93. The molecular formula is C30H60O9. The van der Waals surface area contributed by atoms with Crippen LogP contribution in [0.15, 0.2) is 12.2 Å². The monoisotopic (exact) mass is 564 g/mol. The Bertz CT molecular complexity index is 459. The zero-order chi connectivity index (χ0) is 28.9. The second kappa shape index (κ2) is 39.1. The number of aliphatic carboxylic acids is 1. The molecule has 0 aliphatic rings. The number of hydrogen-bond donors (Lipinski definition) is 3. The van der Waals surface area contributed by atoms with E-state index < -0.39 is 5.97 Å². The average molecular weight is 565 g/mol. The lowest BCUT2D eigenvalue weighted by atomic mass is 10.1. The summed E-state index contributed by atoms with van der Waals surface area (Å²) in [6.45, 7) is 7.06. The molecule has 0 aromatic heterocycles. The second-order valence-electron chi connectivity index (χ2n) is 9.24. The van der Waals surface area contributed by atoms with Crippen molar-refractivity contribution in [2.45, 2.75) is 96.8 Å². The van der Waals surface area contributed by atoms with E-state index in [-0.39, 0.29) is 13.2 Å². The van der Waals surface area contributed by atoms with Crippen LogP contribution in [0, 0.1) is 0 Å². The Morgan fingerprint density at radius 3 is 1.21 bits per heavy atom. The van der Waals surface area contributed by atoms with E-state index in [1.807, 2.05) is 0 Å². The van der Waals surface area contributed by atoms with Crippen LogP contribution in [-0.4, -0.2) is 101 Å². The summed E-state index contributed by atoms with van der Waals surface area (Å²) in [5, 5.41) is 25.4. The number of unbranched alkanes of at least 4 members (excludes halogenated alkanes) is 11. The van der Waals surface area contributed by atoms with Crippen LogP contribution in [0.25, 0.3) is 0 Å². The van der Waals surface area contributed by atoms with Gasteiger partial charge in [-0.1, -0.05) is 70.4 Å². The van der Waals surface area contributed by atoms with Crippen LogP contribution in [-0.2, 0) is 28.5 Å². The minimum Gasteiger partial charge on any atom is -0.481 e. The van der Waals surface area contributed by atoms with Crippen molar-refractivity contribution in [3.05, 3.63) is 12.2 Å². The number of rotatable bonds is 31. The molecule has 0 aromatic rings. The Balaban J connectivity index is 0. The SMILES string of the molecule is CCCCCCCCC=CCCCCCCCC(=O)O.OCCOCCOCCOCCOCCOCCO. The van der Waals surface area contributed by atoms with Crippen LogP contribution < -0.4 is 0 Å². The lowest BCUT2D eigenvalue weighted by molar-refractivity contribution is -0.137. The fourth-order valence-electron chi connectivity index (χ4n) is 3.46. The molecule has 39 heavy (non-hydrogen) atoms. The minimum absolute atomic E-state index is 0.0359. The Morgan fingerprint density at radius 1 is 0.513 bits per heavy atom. The van der Waals surface area contributed by atoms with Crippen molar-refractivity contribution < 1.29 is 43.8 Å². The molecule has 0 spiro atoms. The van der Waals surface area contributed by atoms with Gasteiger partial charge in [-0.15, -0.1) is 0 Å². The van der Waals surface area contributed by atoms with Gasteiger partial charge in [-0.25, -0.2) is 0 Å². The van der Waals surface area contributed by atoms with Gasteiger partial charge in [0, 0.05) is 6.42 Å². The van der Waals surface area contributed by atoms with Crippen molar-refractivity contribution >= 4 is 5.97 Å². The molecule has 0 saturated heterocycles. The van der Waals surface area contributed by atoms with E-state index in [2.05, 4.69) is 19.1 Å². The number of aliphatic hydroxyl groups is 2. The lowest BCUT2D eigenvalue weighted by Gasteiger charge is -2.07. The molecule has 0 aromatic carbocycles. The number of carbonyl (C=O) groups is 1. The smallest absolute Gasteiger partial charge is 0.303 e. The molecule has 0 radical (unpaired) electrons. The highest BCUT2D eigenvalue weighted by Gasteiger charge is 1.96. The van der Waals surface area contributed by atoms with E-state index in [4.69, 9.17) is 39.0 Å². The zero-order valence-electron chi connectivity index (χ0n) is 24.8. The number of allylic oxidation sites excluding steroid dienone is 2. The van der Waals surface area contributed by atoms with Crippen molar-refractivity contribution in [2.24, 2.45) is 0 Å². The Morgan fingerprint density at radius 2 is 0.846 bits per heavy atom. The number of ether oxygens (including phenoxy) is 5. The lowest BCUT2D eigenvalue weighted by Crippen LogP contribution is -2.14. The molecule has 0 atom stereocenters. The molecule has 0 aliphatic heterocycles. The Kier molecular flexibility index (Phi) is 40.1. The topological polar surface area (TPSA) is 124 Å². The Labute approximate surface area is 238 Å². The fraction of sp³-hybridized carbons (Fsp3) is 0.900. The van der Waals surface area contributed by atoms with E-state index in [0.29, 0.717) is 72.5 Å². The summed E-state index contributed by atoms with van der Waals surface area (Å²) >= 11 is 0. The van der Waals surface area contributed by atoms with Crippen LogP contribution in [0.3, 0.4) is 0 Å². The first kappa shape index (κ1) is 40.1. The van der Waals surface area contributed by atoms with Gasteiger partial charge in [-0.3, -0.25) is 4.79 Å². The van der Waals surface area contributed by atoms with Gasteiger partial charge in [-0.05, 0) is 32.1 Å². The first-order chi connectivity index (χ1) is 19.2. The van der Waals surface area contributed by atoms with Crippen molar-refractivity contribution in [2.75, 3.05) is 79.3 Å². The largest absolute Gasteiger partial charge is 0.481 e. The summed E-state index contributed by atoms with van der Waals surface area (Å²) in [5.74, 6) is -0.664. The van der Waals surface area contributed by atoms with Gasteiger partial charge < -0.3 is 39.0 Å². The van der Waals surface area contributed by atoms with E-state index >= 15 is 0 Å². The first-order valence-corrected chi connectivity index (χ1v) is 15.2. The summed E-state index contributed by atoms with van der Waals surface area (Å²) in [7, 11) is 0. The summed E-state index contributed by atoms with van der Waals surface area (Å²) in [5.41, 5.74) is 0. The summed E-state index contributed by atoms with van der Waals surface area (Å²) in [6.07, 6.45) is 21.2. The zero-order valence-corrected chi connectivity index (χ0v) is 24.8. The number of carboxylic acids is 1. The molecule has 234 valence electrons. The molecule has 0 unspecified atom stereocenters. The second-order valence-corrected chi connectivity index (χ2v) is 9.24. The predicted molar refractivity (Wildman–Crippen MR) is 155 cm³/mol. The standard InChI is InChI=1S/C18H34O2.C12H26O7/c1-2-3-4-5-6-7-8-9-10-11-12-13-14-15-16-17-18(19)20;13-1-3-15-5-7-17-9-11-19-12-10-18-8-6-16-4-2-14/h9-10H,2-8,11-17H2,1H3,(H,19,20);13-14H,1-12H2. The first-order valence-electron chi connectivity index (χ1n) is 15.2. The van der Waals surface area contributed by atoms with E-state index in [1.54, 1.807) is 0 Å². The molecule has 0 aliphatic carbocycles. The van der Waals surface area contributed by atoms with Gasteiger partial charge in [0.05, 0.1) is 79.3 Å². The van der Waals surface area contributed by atoms with Crippen molar-refractivity contribution in [1.29, 1.82) is 0 Å². The predicted octanol–water partition coefficient (Wildman–Crippen LogP) is 5.16. The van der Waals surface area contributed by atoms with Gasteiger partial charge in [0.2, 0.25) is 0 Å². The number of aliphatic hydroxyl groups excluding tert-OH is 2. The van der Waals surface area contributed by atoms with Gasteiger partial charge >= 0.3 is 5.97 Å². The van der Waals surface area contributed by atoms with Crippen molar-refractivity contribution in [3.63, 3.8) is 0 Å². The van der Waals surface area contributed by atoms with Gasteiger partial charge in [0.25, 0.3) is 0 Å². The van der Waals surface area contributed by atoms with Gasteiger partial charge in [0.1, 0.15) is 0 Å². The highest BCUT2D eigenvalue weighted by atomic mass is 16.6. The third kappa shape index (κ3) is 44.2. The number of hydrogen-bond acceptors (Lipinski definition) is 8. The highest BCUT2D eigenvalue weighted by Crippen LogP contribution is 2.09. The van der Waals surface area contributed by atoms with Crippen LogP contribution >= 0.6 is 0 Å². The third-order valence-electron chi connectivity index (χ3n) is 5.61. The van der Waals surface area contributed by atoms with Crippen LogP contribution in [0.4, 0.5) is 0 Å². The molecule has 0 amide bonds. The summed E-state index contributed by atoms with van der Waals surface area (Å²) in [6, 6.07) is 0. The molecule has 0 bridgehead atoms. The number of carboxylic acid groups (broad SMARTS) is 1. The van der Waals surface area contributed by atoms with Crippen molar-refractivity contribution in [3.8, 4) is 0 Å². The van der Waals surface area contributed by atoms with Crippen LogP contribution in [0.1, 0.15) is 96.8 Å². The Hall–Kier alpha value is -1.07. The maximum atomic E-state index is 10.3. The highest BCUT2D eigenvalue weighted by molar-refractivity contribution is 5.66. The molecule has 0 fully saturated rings. The molecule has 9 heteroatoms. The van der Waals surface area contributed by atoms with Crippen LogP contribution in [0.5, 0.6) is 0 Å². The van der Waals surface area contributed by atoms with E-state index in [9.17, 15) is 4.79 Å². The maximum absolute atomic E-state index is 10.3. The maximum Gasteiger partial charge on any atom is 0.303 e. The van der Waals surface area contributed by atoms with E-state index in [1.165, 1.54) is 70.6 Å². The fourth-order valence-corrected chi connectivity index (χ4v) is 3.46. The molecule has 9 nitrogen and oxygen atoms in total. The normalized spacial score (nSPS) is 11.2. The van der Waals surface area contributed by atoms with Gasteiger partial charge in [-0.2, -0.15) is 0 Å². The van der Waals surface area contributed by atoms with E-state index in [0.717, 1.165) is 12.8 Å². The molecule has 0 heterocycles. The molecule has 3 N–H and O–H groups in total. The summed E-state index contributed by atoms with van der Waals surface area (Å²) < 4.78 is 25.8. The van der Waals surface area contributed by atoms with Gasteiger partial charge in [0.15, 0.2) is 0 Å².